The number of benzene rings is 1. The molecule has 1 aromatic rings. The van der Waals surface area contributed by atoms with E-state index in [4.69, 9.17) is 15.2 Å². The first-order chi connectivity index (χ1) is 12.4. The second-order valence-electron chi connectivity index (χ2n) is 6.72. The van der Waals surface area contributed by atoms with Crippen LogP contribution >= 0.6 is 0 Å². The largest absolute Gasteiger partial charge is 0.497 e. The summed E-state index contributed by atoms with van der Waals surface area (Å²) in [4.78, 5) is 26.7. The number of methoxy groups -OCH3 is 2. The van der Waals surface area contributed by atoms with Crippen molar-refractivity contribution in [3.8, 4) is 11.5 Å². The Hall–Kier alpha value is -2.28. The Bertz CT molecular complexity index is 603. The maximum Gasteiger partial charge on any atom is 0.254 e. The second-order valence-corrected chi connectivity index (χ2v) is 6.72. The molecular weight excluding hydrogens is 334 g/mol. The number of rotatable bonds is 7. The molecule has 0 spiro atoms. The molecule has 1 unspecified atom stereocenters. The number of hydrogen-bond donors (Lipinski definition) is 2. The number of carbonyl (C=O) groups is 2. The lowest BCUT2D eigenvalue weighted by molar-refractivity contribution is -0.126. The van der Waals surface area contributed by atoms with E-state index in [0.717, 1.165) is 6.42 Å². The molecule has 7 nitrogen and oxygen atoms in total. The van der Waals surface area contributed by atoms with E-state index in [0.29, 0.717) is 49.5 Å². The minimum absolute atomic E-state index is 0.0491. The van der Waals surface area contributed by atoms with Gasteiger partial charge in [-0.15, -0.1) is 0 Å². The summed E-state index contributed by atoms with van der Waals surface area (Å²) >= 11 is 0. The van der Waals surface area contributed by atoms with Gasteiger partial charge in [0.15, 0.2) is 0 Å². The summed E-state index contributed by atoms with van der Waals surface area (Å²) in [6, 6.07) is 5.22. The van der Waals surface area contributed by atoms with Gasteiger partial charge >= 0.3 is 0 Å². The molecule has 144 valence electrons. The van der Waals surface area contributed by atoms with Crippen molar-refractivity contribution in [2.45, 2.75) is 32.2 Å². The van der Waals surface area contributed by atoms with Crippen LogP contribution in [0.4, 0.5) is 0 Å². The van der Waals surface area contributed by atoms with Crippen molar-refractivity contribution in [1.82, 2.24) is 10.2 Å². The van der Waals surface area contributed by atoms with Gasteiger partial charge in [0.25, 0.3) is 5.91 Å². The van der Waals surface area contributed by atoms with Gasteiger partial charge in [-0.05, 0) is 38.3 Å². The summed E-state index contributed by atoms with van der Waals surface area (Å²) in [5.41, 5.74) is 6.22. The summed E-state index contributed by atoms with van der Waals surface area (Å²) in [5.74, 6) is 1.10. The number of likely N-dealkylation sites (tertiary alicyclic amines) is 1. The predicted molar refractivity (Wildman–Crippen MR) is 99.4 cm³/mol. The molecule has 1 fully saturated rings. The van der Waals surface area contributed by atoms with E-state index in [1.807, 2.05) is 6.92 Å². The Balaban J connectivity index is 1.91. The lowest BCUT2D eigenvalue weighted by Crippen LogP contribution is -2.43. The van der Waals surface area contributed by atoms with Crippen molar-refractivity contribution in [1.29, 1.82) is 0 Å². The molecule has 1 aliphatic rings. The van der Waals surface area contributed by atoms with Crippen LogP contribution < -0.4 is 20.5 Å². The van der Waals surface area contributed by atoms with E-state index < -0.39 is 0 Å². The number of hydrogen-bond acceptors (Lipinski definition) is 5. The first-order valence-electron chi connectivity index (χ1n) is 9.00. The molecule has 0 bridgehead atoms. The highest BCUT2D eigenvalue weighted by molar-refractivity contribution is 5.95. The van der Waals surface area contributed by atoms with Crippen molar-refractivity contribution in [3.05, 3.63) is 23.8 Å². The molecule has 1 atom stereocenters. The maximum absolute atomic E-state index is 12.8. The van der Waals surface area contributed by atoms with Gasteiger partial charge in [0, 0.05) is 43.2 Å². The number of nitrogens with two attached hydrogens (primary N) is 1. The van der Waals surface area contributed by atoms with E-state index in [9.17, 15) is 9.59 Å². The van der Waals surface area contributed by atoms with Crippen LogP contribution in [0.2, 0.25) is 0 Å². The van der Waals surface area contributed by atoms with E-state index in [1.165, 1.54) is 0 Å². The van der Waals surface area contributed by atoms with E-state index in [1.54, 1.807) is 37.3 Å². The van der Waals surface area contributed by atoms with Crippen molar-refractivity contribution >= 4 is 11.8 Å². The highest BCUT2D eigenvalue weighted by Gasteiger charge is 2.28. The third-order valence-corrected chi connectivity index (χ3v) is 4.65. The minimum atomic E-state index is -0.0713. The van der Waals surface area contributed by atoms with Gasteiger partial charge in [0.2, 0.25) is 5.91 Å². The fourth-order valence-electron chi connectivity index (χ4n) is 3.03. The summed E-state index contributed by atoms with van der Waals surface area (Å²) in [7, 11) is 3.11. The normalized spacial score (nSPS) is 16.1. The van der Waals surface area contributed by atoms with Crippen LogP contribution in [0.25, 0.3) is 0 Å². The Kier molecular flexibility index (Phi) is 7.26. The SMILES string of the molecule is COc1cc(OC)cc(C(=O)N2CCC(C(=O)NCCC(C)N)CC2)c1. The zero-order valence-corrected chi connectivity index (χ0v) is 15.8. The second kappa shape index (κ2) is 9.43. The molecule has 0 radical (unpaired) electrons. The zero-order chi connectivity index (χ0) is 19.1. The number of nitrogens with one attached hydrogen (secondary N) is 1. The molecule has 3 N–H and O–H groups in total. The fourth-order valence-corrected chi connectivity index (χ4v) is 3.03. The van der Waals surface area contributed by atoms with Gasteiger partial charge in [-0.3, -0.25) is 9.59 Å². The molecule has 0 aromatic heterocycles. The zero-order valence-electron chi connectivity index (χ0n) is 15.8. The van der Waals surface area contributed by atoms with Crippen LogP contribution in [-0.2, 0) is 4.79 Å². The third-order valence-electron chi connectivity index (χ3n) is 4.65. The van der Waals surface area contributed by atoms with E-state index >= 15 is 0 Å². The van der Waals surface area contributed by atoms with Gasteiger partial charge in [-0.25, -0.2) is 0 Å². The fraction of sp³-hybridized carbons (Fsp3) is 0.579. The van der Waals surface area contributed by atoms with Crippen LogP contribution in [0.3, 0.4) is 0 Å². The first-order valence-corrected chi connectivity index (χ1v) is 9.00. The summed E-state index contributed by atoms with van der Waals surface area (Å²) in [6.07, 6.45) is 2.09. The predicted octanol–water partition coefficient (Wildman–Crippen LogP) is 1.41. The summed E-state index contributed by atoms with van der Waals surface area (Å²) in [5, 5.41) is 2.93. The van der Waals surface area contributed by atoms with E-state index in [-0.39, 0.29) is 23.8 Å². The molecule has 7 heteroatoms. The van der Waals surface area contributed by atoms with Crippen molar-refractivity contribution in [2.75, 3.05) is 33.9 Å². The molecule has 0 saturated carbocycles. The van der Waals surface area contributed by atoms with Gasteiger partial charge in [-0.1, -0.05) is 0 Å². The highest BCUT2D eigenvalue weighted by Crippen LogP contribution is 2.25. The quantitative estimate of drug-likeness (QED) is 0.764. The number of amides is 2. The van der Waals surface area contributed by atoms with Crippen LogP contribution in [0.1, 0.15) is 36.5 Å². The van der Waals surface area contributed by atoms with E-state index in [2.05, 4.69) is 5.32 Å². The maximum atomic E-state index is 12.8. The molecule has 1 aromatic carbocycles. The number of carbonyl (C=O) groups excluding carboxylic acids is 2. The van der Waals surface area contributed by atoms with Crippen molar-refractivity contribution in [2.24, 2.45) is 11.7 Å². The molecule has 2 amide bonds. The van der Waals surface area contributed by atoms with Gasteiger partial charge < -0.3 is 25.4 Å². The topological polar surface area (TPSA) is 93.9 Å². The molecule has 26 heavy (non-hydrogen) atoms. The molecule has 1 heterocycles. The van der Waals surface area contributed by atoms with Gasteiger partial charge in [0.05, 0.1) is 14.2 Å². The van der Waals surface area contributed by atoms with Crippen molar-refractivity contribution in [3.63, 3.8) is 0 Å². The average Bonchev–Trinajstić information content (AvgIpc) is 2.66. The Morgan fingerprint density at radius 2 is 1.77 bits per heavy atom. The molecular formula is C19H29N3O4. The highest BCUT2D eigenvalue weighted by atomic mass is 16.5. The van der Waals surface area contributed by atoms with Crippen LogP contribution in [0, 0.1) is 5.92 Å². The minimum Gasteiger partial charge on any atom is -0.497 e. The molecule has 1 aliphatic heterocycles. The smallest absolute Gasteiger partial charge is 0.254 e. The Labute approximate surface area is 154 Å². The number of nitrogens with zero attached hydrogens (tertiary/aromatic N) is 1. The van der Waals surface area contributed by atoms with Crippen LogP contribution in [0.15, 0.2) is 18.2 Å². The first kappa shape index (κ1) is 20.0. The molecule has 1 saturated heterocycles. The summed E-state index contributed by atoms with van der Waals surface area (Å²) < 4.78 is 10.5. The summed E-state index contributed by atoms with van der Waals surface area (Å²) in [6.45, 7) is 3.64. The molecule has 2 rings (SSSR count). The number of piperidine rings is 1. The average molecular weight is 363 g/mol. The molecule has 0 aliphatic carbocycles. The van der Waals surface area contributed by atoms with Gasteiger partial charge in [-0.2, -0.15) is 0 Å². The number of ether oxygens (including phenoxy) is 2. The standard InChI is InChI=1S/C19H29N3O4/c1-13(20)4-7-21-18(23)14-5-8-22(9-6-14)19(24)15-10-16(25-2)12-17(11-15)26-3/h10-14H,4-9,20H2,1-3H3,(H,21,23). The lowest BCUT2D eigenvalue weighted by atomic mass is 9.95. The third kappa shape index (κ3) is 5.36. The Morgan fingerprint density at radius 1 is 1.19 bits per heavy atom. The Morgan fingerprint density at radius 3 is 2.27 bits per heavy atom. The van der Waals surface area contributed by atoms with Crippen LogP contribution in [0.5, 0.6) is 11.5 Å². The van der Waals surface area contributed by atoms with Crippen LogP contribution in [-0.4, -0.2) is 56.6 Å². The monoisotopic (exact) mass is 363 g/mol. The lowest BCUT2D eigenvalue weighted by Gasteiger charge is -2.31. The van der Waals surface area contributed by atoms with Gasteiger partial charge in [0.1, 0.15) is 11.5 Å². The van der Waals surface area contributed by atoms with Crippen molar-refractivity contribution < 1.29 is 19.1 Å².